The van der Waals surface area contributed by atoms with Crippen LogP contribution in [0.15, 0.2) is 61.1 Å². The molecule has 0 aliphatic heterocycles. The molecule has 0 unspecified atom stereocenters. The number of pyridine rings is 2. The maximum absolute atomic E-state index is 12.5. The van der Waals surface area contributed by atoms with Crippen LogP contribution in [0.25, 0.3) is 10.9 Å². The summed E-state index contributed by atoms with van der Waals surface area (Å²) in [5.74, 6) is -0.771. The Balaban J connectivity index is 1.44. The zero-order valence-electron chi connectivity index (χ0n) is 15.1. The van der Waals surface area contributed by atoms with Gasteiger partial charge in [-0.3, -0.25) is 14.7 Å². The highest BCUT2D eigenvalue weighted by Gasteiger charge is 2.14. The first-order valence-corrected chi connectivity index (χ1v) is 8.72. The van der Waals surface area contributed by atoms with E-state index < -0.39 is 5.91 Å². The summed E-state index contributed by atoms with van der Waals surface area (Å²) in [5.41, 5.74) is 1.81. The van der Waals surface area contributed by atoms with Gasteiger partial charge in [-0.25, -0.2) is 9.97 Å². The quantitative estimate of drug-likeness (QED) is 0.414. The molecule has 0 aliphatic rings. The van der Waals surface area contributed by atoms with E-state index in [1.54, 1.807) is 30.5 Å². The van der Waals surface area contributed by atoms with Crippen molar-refractivity contribution >= 4 is 28.5 Å². The van der Waals surface area contributed by atoms with Crippen LogP contribution in [-0.4, -0.2) is 37.1 Å². The summed E-state index contributed by atoms with van der Waals surface area (Å²) < 4.78 is 0. The van der Waals surface area contributed by atoms with Gasteiger partial charge in [-0.15, -0.1) is 0 Å². The maximum Gasteiger partial charge on any atom is 0.279 e. The molecule has 0 fully saturated rings. The smallest absolute Gasteiger partial charge is 0.279 e. The van der Waals surface area contributed by atoms with Crippen molar-refractivity contribution in [3.8, 4) is 5.75 Å². The van der Waals surface area contributed by atoms with E-state index in [0.717, 1.165) is 10.9 Å². The minimum atomic E-state index is -0.581. The van der Waals surface area contributed by atoms with Crippen molar-refractivity contribution in [3.63, 3.8) is 0 Å². The van der Waals surface area contributed by atoms with E-state index in [1.165, 1.54) is 24.5 Å². The Labute approximate surface area is 164 Å². The third kappa shape index (κ3) is 3.88. The van der Waals surface area contributed by atoms with Crippen molar-refractivity contribution in [3.05, 3.63) is 77.9 Å². The Kier molecular flexibility index (Phi) is 4.85. The number of aromatic hydroxyl groups is 1. The van der Waals surface area contributed by atoms with Gasteiger partial charge < -0.3 is 15.7 Å². The number of nitrogens with one attached hydrogen (secondary N) is 3. The molecule has 144 valence electrons. The first-order valence-electron chi connectivity index (χ1n) is 8.72. The highest BCUT2D eigenvalue weighted by molar-refractivity contribution is 6.05. The minimum Gasteiger partial charge on any atom is -0.505 e. The summed E-state index contributed by atoms with van der Waals surface area (Å²) in [7, 11) is 0. The number of carbonyl (C=O) groups is 2. The first-order chi connectivity index (χ1) is 14.1. The second kappa shape index (κ2) is 7.77. The van der Waals surface area contributed by atoms with Gasteiger partial charge in [-0.05, 0) is 35.9 Å². The van der Waals surface area contributed by atoms with Crippen LogP contribution in [0.3, 0.4) is 0 Å². The predicted octanol–water partition coefficient (Wildman–Crippen LogP) is 2.24. The lowest BCUT2D eigenvalue weighted by molar-refractivity contribution is 0.0951. The van der Waals surface area contributed by atoms with Gasteiger partial charge in [-0.1, -0.05) is 12.1 Å². The maximum atomic E-state index is 12.5. The van der Waals surface area contributed by atoms with Crippen LogP contribution < -0.4 is 10.6 Å². The number of H-pyrrole nitrogens is 1. The standard InChI is InChI=1S/C20H16N6O3/c27-15-5-2-7-22-18(15)20(29)25-16-9-12(6-8-21-16)10-23-19(28)14-4-1-3-13-11-24-26-17(13)14/h1-9,11,27H,10H2,(H,23,28)(H,24,26)(H,21,25,29). The topological polar surface area (TPSA) is 133 Å². The number of carbonyl (C=O) groups excluding carboxylic acids is 2. The second-order valence-electron chi connectivity index (χ2n) is 6.20. The fraction of sp³-hybridized carbons (Fsp3) is 0.0500. The SMILES string of the molecule is O=C(Nc1cc(CNC(=O)c2cccc3cn[nH]c23)ccn1)c1ncccc1O. The molecule has 0 atom stereocenters. The molecule has 4 aromatic rings. The summed E-state index contributed by atoms with van der Waals surface area (Å²) in [4.78, 5) is 32.7. The lowest BCUT2D eigenvalue weighted by atomic mass is 10.1. The molecule has 3 heterocycles. The molecular formula is C20H16N6O3. The molecule has 0 aliphatic carbocycles. The molecule has 4 N–H and O–H groups in total. The van der Waals surface area contributed by atoms with E-state index in [-0.39, 0.29) is 29.7 Å². The number of hydrogen-bond donors (Lipinski definition) is 4. The number of aromatic nitrogens is 4. The molecule has 29 heavy (non-hydrogen) atoms. The molecule has 2 amide bonds. The molecule has 0 saturated heterocycles. The Morgan fingerprint density at radius 1 is 1.03 bits per heavy atom. The molecule has 0 saturated carbocycles. The monoisotopic (exact) mass is 388 g/mol. The van der Waals surface area contributed by atoms with Crippen LogP contribution in [0.5, 0.6) is 5.75 Å². The highest BCUT2D eigenvalue weighted by atomic mass is 16.3. The Hall–Kier alpha value is -4.27. The van der Waals surface area contributed by atoms with Crippen molar-refractivity contribution in [2.75, 3.05) is 5.32 Å². The number of aromatic amines is 1. The van der Waals surface area contributed by atoms with Crippen LogP contribution in [0.1, 0.15) is 26.4 Å². The summed E-state index contributed by atoms with van der Waals surface area (Å²) >= 11 is 0. The van der Waals surface area contributed by atoms with Crippen LogP contribution in [0.4, 0.5) is 5.82 Å². The van der Waals surface area contributed by atoms with Gasteiger partial charge in [0.05, 0.1) is 17.3 Å². The van der Waals surface area contributed by atoms with E-state index >= 15 is 0 Å². The molecule has 1 aromatic carbocycles. The van der Waals surface area contributed by atoms with Crippen LogP contribution in [-0.2, 0) is 6.54 Å². The summed E-state index contributed by atoms with van der Waals surface area (Å²) in [6.07, 6.45) is 4.59. The third-order valence-electron chi connectivity index (χ3n) is 4.24. The molecule has 9 heteroatoms. The summed E-state index contributed by atoms with van der Waals surface area (Å²) in [6, 6.07) is 11.6. The van der Waals surface area contributed by atoms with E-state index in [1.807, 2.05) is 6.07 Å². The zero-order chi connectivity index (χ0) is 20.2. The first kappa shape index (κ1) is 18.1. The number of hydrogen-bond acceptors (Lipinski definition) is 6. The van der Waals surface area contributed by atoms with Gasteiger partial charge in [0.2, 0.25) is 0 Å². The van der Waals surface area contributed by atoms with E-state index in [4.69, 9.17) is 0 Å². The largest absolute Gasteiger partial charge is 0.505 e. The summed E-state index contributed by atoms with van der Waals surface area (Å²) in [6.45, 7) is 0.240. The average Bonchev–Trinajstić information content (AvgIpc) is 3.21. The predicted molar refractivity (Wildman–Crippen MR) is 105 cm³/mol. The number of nitrogens with zero attached hydrogens (tertiary/aromatic N) is 3. The Morgan fingerprint density at radius 3 is 2.79 bits per heavy atom. The molecule has 0 bridgehead atoms. The fourth-order valence-electron chi connectivity index (χ4n) is 2.84. The molecule has 4 rings (SSSR count). The number of rotatable bonds is 5. The van der Waals surface area contributed by atoms with Crippen molar-refractivity contribution in [1.82, 2.24) is 25.5 Å². The van der Waals surface area contributed by atoms with Gasteiger partial charge in [0.1, 0.15) is 11.6 Å². The Bertz CT molecular complexity index is 1200. The minimum absolute atomic E-state index is 0.0966. The zero-order valence-corrected chi connectivity index (χ0v) is 15.1. The van der Waals surface area contributed by atoms with Crippen LogP contribution >= 0.6 is 0 Å². The van der Waals surface area contributed by atoms with Gasteiger partial charge in [-0.2, -0.15) is 5.10 Å². The lowest BCUT2D eigenvalue weighted by Gasteiger charge is -2.09. The van der Waals surface area contributed by atoms with Crippen molar-refractivity contribution in [1.29, 1.82) is 0 Å². The van der Waals surface area contributed by atoms with Crippen LogP contribution in [0, 0.1) is 0 Å². The van der Waals surface area contributed by atoms with E-state index in [0.29, 0.717) is 11.1 Å². The number of fused-ring (bicyclic) bond motifs is 1. The number of benzene rings is 1. The number of amides is 2. The summed E-state index contributed by atoms with van der Waals surface area (Å²) in [5, 5.41) is 22.8. The average molecular weight is 388 g/mol. The van der Waals surface area contributed by atoms with Crippen LogP contribution in [0.2, 0.25) is 0 Å². The van der Waals surface area contributed by atoms with Gasteiger partial charge in [0, 0.05) is 24.3 Å². The number of para-hydroxylation sites is 1. The van der Waals surface area contributed by atoms with Gasteiger partial charge in [0.25, 0.3) is 11.8 Å². The lowest BCUT2D eigenvalue weighted by Crippen LogP contribution is -2.23. The number of anilines is 1. The fourth-order valence-corrected chi connectivity index (χ4v) is 2.84. The van der Waals surface area contributed by atoms with Crippen molar-refractivity contribution in [2.45, 2.75) is 6.54 Å². The van der Waals surface area contributed by atoms with E-state index in [2.05, 4.69) is 30.8 Å². The molecular weight excluding hydrogens is 372 g/mol. The van der Waals surface area contributed by atoms with Crippen molar-refractivity contribution < 1.29 is 14.7 Å². The molecule has 0 spiro atoms. The third-order valence-corrected chi connectivity index (χ3v) is 4.24. The molecule has 3 aromatic heterocycles. The molecule has 9 nitrogen and oxygen atoms in total. The second-order valence-corrected chi connectivity index (χ2v) is 6.20. The van der Waals surface area contributed by atoms with Gasteiger partial charge in [0.15, 0.2) is 5.69 Å². The van der Waals surface area contributed by atoms with E-state index in [9.17, 15) is 14.7 Å². The van der Waals surface area contributed by atoms with Crippen molar-refractivity contribution in [2.24, 2.45) is 0 Å². The molecule has 0 radical (unpaired) electrons. The Morgan fingerprint density at radius 2 is 1.93 bits per heavy atom. The highest BCUT2D eigenvalue weighted by Crippen LogP contribution is 2.17. The normalized spacial score (nSPS) is 10.6. The van der Waals surface area contributed by atoms with Gasteiger partial charge >= 0.3 is 0 Å².